The molecule has 0 saturated heterocycles. The minimum Gasteiger partial charge on any atom is -0.480 e. The van der Waals surface area contributed by atoms with Crippen LogP contribution in [0.25, 0.3) is 0 Å². The molecule has 8 N–H and O–H groups in total. The number of hydrogen-bond acceptors (Lipinski definition) is 6. The third-order valence-electron chi connectivity index (χ3n) is 2.96. The molecule has 2 atom stereocenters. The van der Waals surface area contributed by atoms with Gasteiger partial charge in [0.25, 0.3) is 0 Å². The summed E-state index contributed by atoms with van der Waals surface area (Å²) < 4.78 is 0. The Bertz CT molecular complexity index is 429. The highest BCUT2D eigenvalue weighted by Gasteiger charge is 2.21. The van der Waals surface area contributed by atoms with Gasteiger partial charge in [-0.05, 0) is 32.7 Å². The summed E-state index contributed by atoms with van der Waals surface area (Å²) in [7, 11) is 0. The van der Waals surface area contributed by atoms with Crippen molar-refractivity contribution in [1.29, 1.82) is 0 Å². The first-order valence-corrected chi connectivity index (χ1v) is 7.31. The van der Waals surface area contributed by atoms with Crippen LogP contribution in [0.4, 0.5) is 0 Å². The van der Waals surface area contributed by atoms with Gasteiger partial charge in [-0.25, -0.2) is 0 Å². The standard InChI is InChI=1S/C13H25N5O5/c1-8(13(22)23)17-11(20)7-16-12(21)9(4-2-3-5-14)18-10(19)6-15/h8-9H,2-7,14-15H2,1H3,(H,16,21)(H,17,20)(H,18,19)(H,22,23). The molecule has 0 aliphatic carbocycles. The Hall–Kier alpha value is -2.20. The van der Waals surface area contributed by atoms with E-state index in [4.69, 9.17) is 16.6 Å². The molecule has 132 valence electrons. The third kappa shape index (κ3) is 9.42. The summed E-state index contributed by atoms with van der Waals surface area (Å²) in [6, 6.07) is -1.88. The van der Waals surface area contributed by atoms with Crippen LogP contribution in [-0.2, 0) is 19.2 Å². The molecular formula is C13H25N5O5. The zero-order valence-electron chi connectivity index (χ0n) is 13.1. The Kier molecular flexibility index (Phi) is 10.3. The van der Waals surface area contributed by atoms with Gasteiger partial charge in [-0.3, -0.25) is 19.2 Å². The van der Waals surface area contributed by atoms with E-state index in [-0.39, 0.29) is 13.1 Å². The van der Waals surface area contributed by atoms with Crippen LogP contribution in [0.3, 0.4) is 0 Å². The lowest BCUT2D eigenvalue weighted by molar-refractivity contribution is -0.141. The van der Waals surface area contributed by atoms with Crippen LogP contribution < -0.4 is 27.4 Å². The smallest absolute Gasteiger partial charge is 0.325 e. The number of unbranched alkanes of at least 4 members (excludes halogenated alkanes) is 1. The summed E-state index contributed by atoms with van der Waals surface area (Å²) in [6.45, 7) is 1.13. The number of carbonyl (C=O) groups excluding carboxylic acids is 3. The van der Waals surface area contributed by atoms with E-state index in [0.29, 0.717) is 25.8 Å². The number of nitrogens with one attached hydrogen (secondary N) is 3. The first kappa shape index (κ1) is 20.8. The van der Waals surface area contributed by atoms with Crippen molar-refractivity contribution in [2.45, 2.75) is 38.3 Å². The third-order valence-corrected chi connectivity index (χ3v) is 2.96. The lowest BCUT2D eigenvalue weighted by Gasteiger charge is -2.18. The van der Waals surface area contributed by atoms with Crippen LogP contribution in [0.5, 0.6) is 0 Å². The molecule has 0 spiro atoms. The molecule has 0 heterocycles. The normalized spacial score (nSPS) is 12.8. The quantitative estimate of drug-likeness (QED) is 0.222. The molecule has 10 nitrogen and oxygen atoms in total. The largest absolute Gasteiger partial charge is 0.480 e. The summed E-state index contributed by atoms with van der Waals surface area (Å²) in [5.41, 5.74) is 10.6. The van der Waals surface area contributed by atoms with Gasteiger partial charge in [0.1, 0.15) is 12.1 Å². The number of hydrogen-bond donors (Lipinski definition) is 6. The number of aliphatic carboxylic acids is 1. The second-order valence-electron chi connectivity index (χ2n) is 4.95. The highest BCUT2D eigenvalue weighted by Crippen LogP contribution is 2.00. The highest BCUT2D eigenvalue weighted by molar-refractivity contribution is 5.91. The van der Waals surface area contributed by atoms with E-state index in [1.807, 2.05) is 0 Å². The van der Waals surface area contributed by atoms with Crippen molar-refractivity contribution in [3.63, 3.8) is 0 Å². The lowest BCUT2D eigenvalue weighted by Crippen LogP contribution is -2.51. The van der Waals surface area contributed by atoms with E-state index in [0.717, 1.165) is 0 Å². The topological polar surface area (TPSA) is 177 Å². The van der Waals surface area contributed by atoms with Gasteiger partial charge in [-0.2, -0.15) is 0 Å². The number of carboxylic acid groups (broad SMARTS) is 1. The predicted octanol–water partition coefficient (Wildman–Crippen LogP) is -2.74. The summed E-state index contributed by atoms with van der Waals surface area (Å²) in [5.74, 6) is -2.84. The first-order valence-electron chi connectivity index (χ1n) is 7.31. The molecule has 23 heavy (non-hydrogen) atoms. The number of carbonyl (C=O) groups is 4. The number of carboxylic acids is 1. The molecule has 2 unspecified atom stereocenters. The van der Waals surface area contributed by atoms with Gasteiger partial charge in [-0.1, -0.05) is 0 Å². The van der Waals surface area contributed by atoms with Gasteiger partial charge in [0.15, 0.2) is 0 Å². The van der Waals surface area contributed by atoms with Gasteiger partial charge in [0.05, 0.1) is 13.1 Å². The summed E-state index contributed by atoms with van der Waals surface area (Å²) in [4.78, 5) is 45.5. The van der Waals surface area contributed by atoms with Crippen LogP contribution in [0.2, 0.25) is 0 Å². The Morgan fingerprint density at radius 1 is 1.04 bits per heavy atom. The Labute approximate surface area is 134 Å². The van der Waals surface area contributed by atoms with Crippen LogP contribution >= 0.6 is 0 Å². The molecule has 3 amide bonds. The summed E-state index contributed by atoms with van der Waals surface area (Å²) >= 11 is 0. The monoisotopic (exact) mass is 331 g/mol. The number of amides is 3. The van der Waals surface area contributed by atoms with Crippen LogP contribution in [0, 0.1) is 0 Å². The summed E-state index contributed by atoms with van der Waals surface area (Å²) in [6.07, 6.45) is 1.68. The van der Waals surface area contributed by atoms with Crippen molar-refractivity contribution < 1.29 is 24.3 Å². The average molecular weight is 331 g/mol. The fourth-order valence-corrected chi connectivity index (χ4v) is 1.66. The van der Waals surface area contributed by atoms with E-state index in [1.165, 1.54) is 6.92 Å². The molecule has 0 aromatic heterocycles. The zero-order chi connectivity index (χ0) is 17.8. The van der Waals surface area contributed by atoms with E-state index >= 15 is 0 Å². The van der Waals surface area contributed by atoms with Crippen molar-refractivity contribution in [2.75, 3.05) is 19.6 Å². The second-order valence-corrected chi connectivity index (χ2v) is 4.95. The lowest BCUT2D eigenvalue weighted by atomic mass is 10.1. The first-order chi connectivity index (χ1) is 10.8. The van der Waals surface area contributed by atoms with Crippen molar-refractivity contribution >= 4 is 23.7 Å². The molecule has 0 aliphatic rings. The van der Waals surface area contributed by atoms with E-state index in [2.05, 4.69) is 16.0 Å². The van der Waals surface area contributed by atoms with E-state index in [1.54, 1.807) is 0 Å². The molecule has 0 aliphatic heterocycles. The number of nitrogens with two attached hydrogens (primary N) is 2. The maximum absolute atomic E-state index is 12.0. The Balaban J connectivity index is 4.42. The number of rotatable bonds is 11. The van der Waals surface area contributed by atoms with Crippen molar-refractivity contribution in [2.24, 2.45) is 11.5 Å². The molecular weight excluding hydrogens is 306 g/mol. The molecule has 0 saturated carbocycles. The van der Waals surface area contributed by atoms with Crippen LogP contribution in [-0.4, -0.2) is 60.5 Å². The van der Waals surface area contributed by atoms with Gasteiger partial charge in [0, 0.05) is 0 Å². The minimum atomic E-state index is -1.18. The molecule has 0 bridgehead atoms. The zero-order valence-corrected chi connectivity index (χ0v) is 13.1. The highest BCUT2D eigenvalue weighted by atomic mass is 16.4. The van der Waals surface area contributed by atoms with E-state index < -0.39 is 35.8 Å². The average Bonchev–Trinajstić information content (AvgIpc) is 2.51. The Morgan fingerprint density at radius 3 is 2.22 bits per heavy atom. The van der Waals surface area contributed by atoms with Gasteiger partial charge in [-0.15, -0.1) is 0 Å². The minimum absolute atomic E-state index is 0.253. The van der Waals surface area contributed by atoms with Gasteiger partial charge < -0.3 is 32.5 Å². The molecule has 0 radical (unpaired) electrons. The molecule has 0 aromatic rings. The molecule has 0 rings (SSSR count). The van der Waals surface area contributed by atoms with Crippen molar-refractivity contribution in [1.82, 2.24) is 16.0 Å². The molecule has 0 fully saturated rings. The maximum atomic E-state index is 12.0. The second kappa shape index (κ2) is 11.4. The Morgan fingerprint density at radius 2 is 1.70 bits per heavy atom. The van der Waals surface area contributed by atoms with Gasteiger partial charge in [0.2, 0.25) is 17.7 Å². The van der Waals surface area contributed by atoms with Crippen molar-refractivity contribution in [3.8, 4) is 0 Å². The van der Waals surface area contributed by atoms with Crippen LogP contribution in [0.15, 0.2) is 0 Å². The SMILES string of the molecule is CC(NC(=O)CNC(=O)C(CCCCN)NC(=O)CN)C(=O)O. The van der Waals surface area contributed by atoms with Gasteiger partial charge >= 0.3 is 5.97 Å². The fraction of sp³-hybridized carbons (Fsp3) is 0.692. The molecule has 10 heteroatoms. The maximum Gasteiger partial charge on any atom is 0.325 e. The van der Waals surface area contributed by atoms with Crippen LogP contribution in [0.1, 0.15) is 26.2 Å². The van der Waals surface area contributed by atoms with Crippen molar-refractivity contribution in [3.05, 3.63) is 0 Å². The summed E-state index contributed by atoms with van der Waals surface area (Å²) in [5, 5.41) is 15.7. The molecule has 0 aromatic carbocycles. The van der Waals surface area contributed by atoms with E-state index in [9.17, 15) is 19.2 Å². The predicted molar refractivity (Wildman–Crippen MR) is 82.1 cm³/mol. The fourth-order valence-electron chi connectivity index (χ4n) is 1.66.